The Kier molecular flexibility index (Phi) is 4.24. The van der Waals surface area contributed by atoms with Gasteiger partial charge in [-0.25, -0.2) is 4.68 Å². The van der Waals surface area contributed by atoms with Crippen molar-refractivity contribution in [3.63, 3.8) is 0 Å². The van der Waals surface area contributed by atoms with Crippen LogP contribution in [0, 0.1) is 11.3 Å². The van der Waals surface area contributed by atoms with E-state index in [0.717, 1.165) is 38.5 Å². The van der Waals surface area contributed by atoms with Gasteiger partial charge < -0.3 is 20.9 Å². The van der Waals surface area contributed by atoms with E-state index >= 15 is 0 Å². The Morgan fingerprint density at radius 3 is 2.68 bits per heavy atom. The molecule has 7 heteroatoms. The van der Waals surface area contributed by atoms with Gasteiger partial charge in [0, 0.05) is 32.7 Å². The van der Waals surface area contributed by atoms with Gasteiger partial charge in [-0.2, -0.15) is 10.4 Å². The summed E-state index contributed by atoms with van der Waals surface area (Å²) in [4.78, 5) is 4.19. The Labute approximate surface area is 113 Å². The quantitative estimate of drug-likeness (QED) is 0.748. The van der Waals surface area contributed by atoms with Crippen molar-refractivity contribution >= 4 is 11.6 Å². The molecule has 1 aromatic rings. The molecule has 2 heterocycles. The number of nitrogens with one attached hydrogen (secondary N) is 1. The molecule has 0 spiro atoms. The number of rotatable bonds is 4. The van der Waals surface area contributed by atoms with Gasteiger partial charge in [-0.1, -0.05) is 0 Å². The number of nitriles is 1. The van der Waals surface area contributed by atoms with Crippen LogP contribution in [0.1, 0.15) is 5.56 Å². The molecule has 0 unspecified atom stereocenters. The molecule has 0 aliphatic carbocycles. The van der Waals surface area contributed by atoms with Crippen molar-refractivity contribution < 1.29 is 0 Å². The van der Waals surface area contributed by atoms with Gasteiger partial charge in [0.2, 0.25) is 0 Å². The van der Waals surface area contributed by atoms with E-state index in [4.69, 9.17) is 5.73 Å². The van der Waals surface area contributed by atoms with Gasteiger partial charge in [-0.05, 0) is 14.1 Å². The number of aromatic nitrogens is 2. The summed E-state index contributed by atoms with van der Waals surface area (Å²) in [6, 6.07) is 2.19. The van der Waals surface area contributed by atoms with E-state index in [1.165, 1.54) is 0 Å². The Balaban J connectivity index is 2.22. The van der Waals surface area contributed by atoms with Crippen LogP contribution in [0.2, 0.25) is 0 Å². The number of nitrogen functional groups attached to an aromatic ring is 1. The van der Waals surface area contributed by atoms with E-state index in [-0.39, 0.29) is 0 Å². The summed E-state index contributed by atoms with van der Waals surface area (Å²) in [6.45, 7) is 5.08. The summed E-state index contributed by atoms with van der Waals surface area (Å²) in [5.41, 5.74) is 6.53. The molecule has 7 nitrogen and oxygen atoms in total. The van der Waals surface area contributed by atoms with Crippen LogP contribution in [0.15, 0.2) is 0 Å². The van der Waals surface area contributed by atoms with Crippen LogP contribution in [0.3, 0.4) is 0 Å². The standard InChI is InChI=1S/C12H21N7/c1-17(2)7-8-19-11(14)10(9-13)12(16-19)18-5-3-15-4-6-18/h15H,3-8,14H2,1-2H3. The van der Waals surface area contributed by atoms with Gasteiger partial charge in [0.1, 0.15) is 17.5 Å². The lowest BCUT2D eigenvalue weighted by Crippen LogP contribution is -2.44. The third-order valence-electron chi connectivity index (χ3n) is 3.26. The molecule has 3 N–H and O–H groups in total. The molecule has 1 saturated heterocycles. The van der Waals surface area contributed by atoms with Crippen molar-refractivity contribution in [2.75, 3.05) is 57.5 Å². The number of likely N-dealkylation sites (N-methyl/N-ethyl adjacent to an activating group) is 1. The van der Waals surface area contributed by atoms with Crippen molar-refractivity contribution in [1.29, 1.82) is 5.26 Å². The third-order valence-corrected chi connectivity index (χ3v) is 3.26. The maximum Gasteiger partial charge on any atom is 0.171 e. The fraction of sp³-hybridized carbons (Fsp3) is 0.667. The first-order valence-electron chi connectivity index (χ1n) is 6.50. The molecular formula is C12H21N7. The topological polar surface area (TPSA) is 86.1 Å². The molecule has 0 atom stereocenters. The van der Waals surface area contributed by atoms with E-state index in [1.54, 1.807) is 4.68 Å². The highest BCUT2D eigenvalue weighted by atomic mass is 15.4. The van der Waals surface area contributed by atoms with E-state index in [1.807, 2.05) is 14.1 Å². The second kappa shape index (κ2) is 5.91. The number of nitrogens with two attached hydrogens (primary N) is 1. The molecule has 1 fully saturated rings. The van der Waals surface area contributed by atoms with Gasteiger partial charge in [0.25, 0.3) is 0 Å². The number of hydrogen-bond acceptors (Lipinski definition) is 6. The molecule has 104 valence electrons. The zero-order chi connectivity index (χ0) is 13.8. The lowest BCUT2D eigenvalue weighted by molar-refractivity contribution is 0.375. The largest absolute Gasteiger partial charge is 0.383 e. The summed E-state index contributed by atoms with van der Waals surface area (Å²) in [5.74, 6) is 1.19. The number of piperazine rings is 1. The van der Waals surface area contributed by atoms with Crippen molar-refractivity contribution in [3.05, 3.63) is 5.56 Å². The third kappa shape index (κ3) is 2.97. The van der Waals surface area contributed by atoms with Crippen molar-refractivity contribution in [2.24, 2.45) is 0 Å². The Morgan fingerprint density at radius 1 is 1.42 bits per heavy atom. The Hall–Kier alpha value is -1.78. The predicted octanol–water partition coefficient (Wildman–Crippen LogP) is -0.692. The van der Waals surface area contributed by atoms with E-state index in [2.05, 4.69) is 26.3 Å². The summed E-state index contributed by atoms with van der Waals surface area (Å²) in [6.07, 6.45) is 0. The highest BCUT2D eigenvalue weighted by Crippen LogP contribution is 2.24. The molecule has 2 rings (SSSR count). The molecule has 1 aliphatic rings. The minimum absolute atomic E-state index is 0.470. The number of nitrogens with zero attached hydrogens (tertiary/aromatic N) is 5. The maximum atomic E-state index is 9.28. The fourth-order valence-corrected chi connectivity index (χ4v) is 2.13. The van der Waals surface area contributed by atoms with Crippen LogP contribution < -0.4 is 16.0 Å². The summed E-state index contributed by atoms with van der Waals surface area (Å²) >= 11 is 0. The Bertz CT molecular complexity index is 465. The highest BCUT2D eigenvalue weighted by Gasteiger charge is 2.21. The second-order valence-electron chi connectivity index (χ2n) is 4.96. The SMILES string of the molecule is CN(C)CCn1nc(N2CCNCC2)c(C#N)c1N. The molecular weight excluding hydrogens is 242 g/mol. The highest BCUT2D eigenvalue weighted by molar-refractivity contribution is 5.65. The number of anilines is 2. The van der Waals surface area contributed by atoms with Crippen LogP contribution in [0.5, 0.6) is 0 Å². The second-order valence-corrected chi connectivity index (χ2v) is 4.96. The molecule has 0 amide bonds. The normalized spacial score (nSPS) is 15.8. The van der Waals surface area contributed by atoms with Gasteiger partial charge in [0.15, 0.2) is 5.82 Å². The zero-order valence-corrected chi connectivity index (χ0v) is 11.6. The van der Waals surface area contributed by atoms with Gasteiger partial charge in [0.05, 0.1) is 6.54 Å². The first kappa shape index (κ1) is 13.6. The lowest BCUT2D eigenvalue weighted by atomic mass is 10.2. The minimum Gasteiger partial charge on any atom is -0.383 e. The van der Waals surface area contributed by atoms with Gasteiger partial charge >= 0.3 is 0 Å². The molecule has 0 bridgehead atoms. The predicted molar refractivity (Wildman–Crippen MR) is 75.0 cm³/mol. The van der Waals surface area contributed by atoms with Crippen LogP contribution >= 0.6 is 0 Å². The molecule has 0 aromatic carbocycles. The van der Waals surface area contributed by atoms with Gasteiger partial charge in [-0.3, -0.25) is 0 Å². The molecule has 0 saturated carbocycles. The first-order chi connectivity index (χ1) is 9.13. The van der Waals surface area contributed by atoms with E-state index in [0.29, 0.717) is 17.9 Å². The van der Waals surface area contributed by atoms with Gasteiger partial charge in [-0.15, -0.1) is 0 Å². The molecule has 0 radical (unpaired) electrons. The summed E-state index contributed by atoms with van der Waals surface area (Å²) < 4.78 is 1.73. The number of hydrogen-bond donors (Lipinski definition) is 2. The summed E-state index contributed by atoms with van der Waals surface area (Å²) in [5, 5.41) is 17.1. The molecule has 1 aromatic heterocycles. The first-order valence-corrected chi connectivity index (χ1v) is 6.50. The monoisotopic (exact) mass is 263 g/mol. The van der Waals surface area contributed by atoms with Crippen LogP contribution in [0.25, 0.3) is 0 Å². The smallest absolute Gasteiger partial charge is 0.171 e. The van der Waals surface area contributed by atoms with Crippen LogP contribution in [-0.2, 0) is 6.54 Å². The molecule has 19 heavy (non-hydrogen) atoms. The minimum atomic E-state index is 0.470. The average Bonchev–Trinajstić information content (AvgIpc) is 2.74. The lowest BCUT2D eigenvalue weighted by Gasteiger charge is -2.27. The van der Waals surface area contributed by atoms with Crippen LogP contribution in [-0.4, -0.2) is 61.5 Å². The fourth-order valence-electron chi connectivity index (χ4n) is 2.13. The molecule has 1 aliphatic heterocycles. The average molecular weight is 263 g/mol. The van der Waals surface area contributed by atoms with Crippen LogP contribution in [0.4, 0.5) is 11.6 Å². The van der Waals surface area contributed by atoms with Crippen molar-refractivity contribution in [3.8, 4) is 6.07 Å². The Morgan fingerprint density at radius 2 is 2.11 bits per heavy atom. The van der Waals surface area contributed by atoms with Crippen molar-refractivity contribution in [2.45, 2.75) is 6.54 Å². The van der Waals surface area contributed by atoms with Crippen molar-refractivity contribution in [1.82, 2.24) is 20.0 Å². The zero-order valence-electron chi connectivity index (χ0n) is 11.6. The maximum absolute atomic E-state index is 9.28. The summed E-state index contributed by atoms with van der Waals surface area (Å²) in [7, 11) is 4.00. The van der Waals surface area contributed by atoms with E-state index in [9.17, 15) is 5.26 Å². The van der Waals surface area contributed by atoms with E-state index < -0.39 is 0 Å².